The molecule has 1 amide bonds. The Balaban J connectivity index is 0.904. The first-order valence-electron chi connectivity index (χ1n) is 20.1. The van der Waals surface area contributed by atoms with Crippen molar-refractivity contribution in [2.24, 2.45) is 5.92 Å². The molecule has 0 radical (unpaired) electrons. The molecule has 298 valence electrons. The van der Waals surface area contributed by atoms with E-state index in [0.29, 0.717) is 83.5 Å². The van der Waals surface area contributed by atoms with Gasteiger partial charge in [-0.1, -0.05) is 36.3 Å². The van der Waals surface area contributed by atoms with Crippen molar-refractivity contribution in [2.75, 3.05) is 66.0 Å². The third kappa shape index (κ3) is 11.3. The molecule has 2 saturated heterocycles. The summed E-state index contributed by atoms with van der Waals surface area (Å²) in [6.45, 7) is 7.38. The fraction of sp³-hybridized carbons (Fsp3) is 0.732. The maximum absolute atomic E-state index is 13.8. The largest absolute Gasteiger partial charge is 0.377 e. The minimum Gasteiger partial charge on any atom is -0.377 e. The van der Waals surface area contributed by atoms with Crippen LogP contribution in [0.4, 0.5) is 8.78 Å². The molecule has 11 nitrogen and oxygen atoms in total. The summed E-state index contributed by atoms with van der Waals surface area (Å²) in [5, 5.41) is 12.5. The van der Waals surface area contributed by atoms with Crippen LogP contribution >= 0.6 is 0 Å². The number of piperidine rings is 1. The van der Waals surface area contributed by atoms with E-state index in [2.05, 4.69) is 50.0 Å². The monoisotopic (exact) mass is 755 g/mol. The average Bonchev–Trinajstić information content (AvgIpc) is 3.64. The fourth-order valence-corrected chi connectivity index (χ4v) is 8.79. The van der Waals surface area contributed by atoms with E-state index in [0.717, 1.165) is 55.9 Å². The predicted molar refractivity (Wildman–Crippen MR) is 199 cm³/mol. The van der Waals surface area contributed by atoms with Gasteiger partial charge >= 0.3 is 0 Å². The van der Waals surface area contributed by atoms with Gasteiger partial charge in [0, 0.05) is 49.3 Å². The summed E-state index contributed by atoms with van der Waals surface area (Å²) in [6.07, 6.45) is 12.5. The number of ether oxygens (including phenoxy) is 5. The van der Waals surface area contributed by atoms with Gasteiger partial charge in [-0.3, -0.25) is 9.69 Å². The van der Waals surface area contributed by atoms with Gasteiger partial charge in [0.2, 0.25) is 11.8 Å². The Kier molecular flexibility index (Phi) is 15.3. The highest BCUT2D eigenvalue weighted by Gasteiger charge is 2.44. The van der Waals surface area contributed by atoms with Crippen molar-refractivity contribution in [3.63, 3.8) is 0 Å². The van der Waals surface area contributed by atoms with Crippen LogP contribution in [0.3, 0.4) is 0 Å². The van der Waals surface area contributed by atoms with Crippen LogP contribution in [0.1, 0.15) is 106 Å². The number of hydrogen-bond donors (Lipinski definition) is 1. The summed E-state index contributed by atoms with van der Waals surface area (Å²) in [6, 6.07) is 11.2. The Bertz CT molecular complexity index is 1460. The Morgan fingerprint density at radius 2 is 1.48 bits per heavy atom. The number of aromatic nitrogens is 3. The SMILES string of the molecule is C#CCOCCOCCOCCOCCOC1CC(c2nnc(C)n2C2CC3CCC(C2)N3CC[C@H](NC(=O)C2CCC(F)(F)CC2)c2ccccc2)C1. The highest BCUT2D eigenvalue weighted by molar-refractivity contribution is 5.79. The first-order chi connectivity index (χ1) is 26.3. The zero-order valence-electron chi connectivity index (χ0n) is 31.8. The minimum absolute atomic E-state index is 0.0899. The molecule has 3 heterocycles. The van der Waals surface area contributed by atoms with E-state index in [1.165, 1.54) is 12.8 Å². The zero-order valence-corrected chi connectivity index (χ0v) is 31.8. The van der Waals surface area contributed by atoms with Crippen molar-refractivity contribution in [3.05, 3.63) is 47.5 Å². The number of fused-ring (bicyclic) bond motifs is 2. The van der Waals surface area contributed by atoms with Gasteiger partial charge < -0.3 is 33.6 Å². The number of benzene rings is 1. The van der Waals surface area contributed by atoms with Crippen molar-refractivity contribution in [1.29, 1.82) is 0 Å². The molecule has 54 heavy (non-hydrogen) atoms. The van der Waals surface area contributed by atoms with Crippen LogP contribution in [0, 0.1) is 25.2 Å². The molecule has 4 aliphatic rings. The van der Waals surface area contributed by atoms with Crippen molar-refractivity contribution in [3.8, 4) is 12.3 Å². The minimum atomic E-state index is -2.65. The first-order valence-corrected chi connectivity index (χ1v) is 20.1. The molecule has 3 atom stereocenters. The van der Waals surface area contributed by atoms with Gasteiger partial charge in [-0.2, -0.15) is 0 Å². The van der Waals surface area contributed by atoms with Crippen molar-refractivity contribution >= 4 is 5.91 Å². The van der Waals surface area contributed by atoms with Crippen molar-refractivity contribution < 1.29 is 37.3 Å². The van der Waals surface area contributed by atoms with Crippen LogP contribution in [0.2, 0.25) is 0 Å². The second kappa shape index (κ2) is 20.3. The van der Waals surface area contributed by atoms with E-state index >= 15 is 0 Å². The van der Waals surface area contributed by atoms with Gasteiger partial charge in [0.15, 0.2) is 0 Å². The van der Waals surface area contributed by atoms with E-state index < -0.39 is 5.92 Å². The highest BCUT2D eigenvalue weighted by Crippen LogP contribution is 2.45. The van der Waals surface area contributed by atoms with Crippen LogP contribution in [-0.4, -0.2) is 116 Å². The lowest BCUT2D eigenvalue weighted by atomic mass is 9.81. The summed E-state index contributed by atoms with van der Waals surface area (Å²) >= 11 is 0. The number of carbonyl (C=O) groups is 1. The van der Waals surface area contributed by atoms with Crippen molar-refractivity contribution in [1.82, 2.24) is 25.0 Å². The Morgan fingerprint density at radius 1 is 0.870 bits per heavy atom. The molecule has 2 aliphatic carbocycles. The van der Waals surface area contributed by atoms with E-state index in [9.17, 15) is 13.6 Å². The van der Waals surface area contributed by atoms with Gasteiger partial charge in [0.25, 0.3) is 0 Å². The molecule has 1 N–H and O–H groups in total. The van der Waals surface area contributed by atoms with Gasteiger partial charge in [-0.05, 0) is 70.3 Å². The Hall–Kier alpha value is -2.99. The van der Waals surface area contributed by atoms with Crippen LogP contribution in [0.5, 0.6) is 0 Å². The number of amides is 1. The van der Waals surface area contributed by atoms with Crippen LogP contribution in [-0.2, 0) is 28.5 Å². The van der Waals surface area contributed by atoms with E-state index in [-0.39, 0.29) is 49.7 Å². The maximum Gasteiger partial charge on any atom is 0.248 e. The quantitative estimate of drug-likeness (QED) is 0.118. The van der Waals surface area contributed by atoms with E-state index in [1.54, 1.807) is 0 Å². The second-order valence-corrected chi connectivity index (χ2v) is 15.4. The molecule has 2 saturated carbocycles. The molecule has 2 bridgehead atoms. The highest BCUT2D eigenvalue weighted by atomic mass is 19.3. The number of aryl methyl sites for hydroxylation is 1. The van der Waals surface area contributed by atoms with Crippen LogP contribution in [0.25, 0.3) is 0 Å². The van der Waals surface area contributed by atoms with Crippen molar-refractivity contribution in [2.45, 2.75) is 120 Å². The number of terminal acetylenes is 1. The predicted octanol–water partition coefficient (Wildman–Crippen LogP) is 5.79. The van der Waals surface area contributed by atoms with Gasteiger partial charge in [-0.25, -0.2) is 8.78 Å². The normalized spacial score (nSPS) is 25.9. The molecule has 1 aromatic heterocycles. The lowest BCUT2D eigenvalue weighted by Crippen LogP contribution is -2.46. The third-order valence-electron chi connectivity index (χ3n) is 11.7. The average molecular weight is 756 g/mol. The second-order valence-electron chi connectivity index (χ2n) is 15.4. The number of hydrogen-bond acceptors (Lipinski definition) is 9. The van der Waals surface area contributed by atoms with Gasteiger partial charge in [0.05, 0.1) is 65.0 Å². The third-order valence-corrected chi connectivity index (χ3v) is 11.7. The van der Waals surface area contributed by atoms with Crippen LogP contribution < -0.4 is 5.32 Å². The van der Waals surface area contributed by atoms with Gasteiger partial charge in [0.1, 0.15) is 18.3 Å². The summed E-state index contributed by atoms with van der Waals surface area (Å²) in [5.74, 6) is 1.75. The molecule has 13 heteroatoms. The summed E-state index contributed by atoms with van der Waals surface area (Å²) < 4.78 is 57.8. The number of nitrogens with one attached hydrogen (secondary N) is 1. The number of carbonyl (C=O) groups excluding carboxylic acids is 1. The Morgan fingerprint density at radius 3 is 2.11 bits per heavy atom. The maximum atomic E-state index is 13.8. The summed E-state index contributed by atoms with van der Waals surface area (Å²) in [4.78, 5) is 15.9. The number of halogens is 2. The molecule has 2 unspecified atom stereocenters. The summed E-state index contributed by atoms with van der Waals surface area (Å²) in [7, 11) is 0. The fourth-order valence-electron chi connectivity index (χ4n) is 8.79. The van der Waals surface area contributed by atoms with Crippen LogP contribution in [0.15, 0.2) is 30.3 Å². The molecule has 6 rings (SSSR count). The number of nitrogens with zero attached hydrogens (tertiary/aromatic N) is 4. The molecular formula is C41H59F2N5O6. The number of rotatable bonds is 22. The Labute approximate surface area is 319 Å². The molecule has 4 fully saturated rings. The lowest BCUT2D eigenvalue weighted by Gasteiger charge is -2.42. The molecular weight excluding hydrogens is 696 g/mol. The first kappa shape index (κ1) is 40.7. The smallest absolute Gasteiger partial charge is 0.248 e. The molecule has 2 aromatic rings. The topological polar surface area (TPSA) is 109 Å². The van der Waals surface area contributed by atoms with E-state index in [4.69, 9.17) is 30.1 Å². The summed E-state index contributed by atoms with van der Waals surface area (Å²) in [5.41, 5.74) is 1.07. The van der Waals surface area contributed by atoms with E-state index in [1.807, 2.05) is 18.2 Å². The molecule has 2 aliphatic heterocycles. The zero-order chi connectivity index (χ0) is 37.8. The lowest BCUT2D eigenvalue weighted by molar-refractivity contribution is -0.130. The standard InChI is InChI=1S/C41H59F2N5O6/c1-3-17-50-18-19-51-20-21-52-22-23-53-24-25-54-37-26-33(27-37)39-46-45-30(2)48(39)36-28-34-9-10-35(29-36)47(34)16-13-38(31-7-5-4-6-8-31)44-40(49)32-11-14-41(42,43)15-12-32/h1,4-8,32-38H,9-29H2,2H3,(H,44,49)/t33?,34?,35?,36?,37?,38-/m0/s1. The molecule has 1 aromatic carbocycles. The molecule has 0 spiro atoms. The van der Waals surface area contributed by atoms with Gasteiger partial charge in [-0.15, -0.1) is 16.6 Å². The number of alkyl halides is 2.